The Labute approximate surface area is 255 Å². The molecule has 226 valence electrons. The average Bonchev–Trinajstić information content (AvgIpc) is 3.37. The van der Waals surface area contributed by atoms with Crippen LogP contribution in [-0.4, -0.2) is 100 Å². The molecule has 6 aliphatic rings. The Bertz CT molecular complexity index is 1610. The third kappa shape index (κ3) is 4.26. The molecular formula is C32H35ClN4O6. The van der Waals surface area contributed by atoms with E-state index in [1.54, 1.807) is 19.1 Å². The Kier molecular flexibility index (Phi) is 6.85. The number of aliphatic hydroxyl groups excluding tert-OH is 1. The summed E-state index contributed by atoms with van der Waals surface area (Å²) >= 11 is 0. The first-order valence-electron chi connectivity index (χ1n) is 14.7. The Balaban J connectivity index is 0.00000329. The Morgan fingerprint density at radius 1 is 0.977 bits per heavy atom. The number of nitrogens with zero attached hydrogens (tertiary/aromatic N) is 3. The number of halogens is 1. The number of β-lactam (4-membered cyclic amide) rings is 1. The highest BCUT2D eigenvalue weighted by Crippen LogP contribution is 2.51. The molecule has 0 unspecified atom stereocenters. The summed E-state index contributed by atoms with van der Waals surface area (Å²) in [6.07, 6.45) is -0.889. The van der Waals surface area contributed by atoms with Crippen LogP contribution < -0.4 is 23.2 Å². The van der Waals surface area contributed by atoms with Crippen LogP contribution in [-0.2, 0) is 20.9 Å². The van der Waals surface area contributed by atoms with Crippen molar-refractivity contribution in [2.45, 2.75) is 32.5 Å². The number of aliphatic carboxylic acids is 1. The minimum Gasteiger partial charge on any atom is -1.00 e. The summed E-state index contributed by atoms with van der Waals surface area (Å²) in [4.78, 5) is 51.4. The number of hydrogen-bond acceptors (Lipinski definition) is 6. The first-order valence-corrected chi connectivity index (χ1v) is 14.7. The van der Waals surface area contributed by atoms with Gasteiger partial charge in [0.15, 0.2) is 12.3 Å². The number of primary amides is 1. The van der Waals surface area contributed by atoms with Crippen LogP contribution in [0.1, 0.15) is 40.9 Å². The van der Waals surface area contributed by atoms with Crippen LogP contribution >= 0.6 is 0 Å². The first kappa shape index (κ1) is 29.5. The highest BCUT2D eigenvalue weighted by Gasteiger charge is 2.58. The van der Waals surface area contributed by atoms with Gasteiger partial charge in [0.05, 0.1) is 29.7 Å². The molecule has 5 aliphatic heterocycles. The fourth-order valence-corrected chi connectivity index (χ4v) is 8.47. The van der Waals surface area contributed by atoms with Crippen molar-refractivity contribution < 1.29 is 50.8 Å². The van der Waals surface area contributed by atoms with Gasteiger partial charge in [0, 0.05) is 22.6 Å². The van der Waals surface area contributed by atoms with Crippen molar-refractivity contribution in [3.63, 3.8) is 0 Å². The molecule has 10 nitrogen and oxygen atoms in total. The van der Waals surface area contributed by atoms with Gasteiger partial charge in [0.2, 0.25) is 5.91 Å². The highest BCUT2D eigenvalue weighted by molar-refractivity contribution is 6.22. The van der Waals surface area contributed by atoms with E-state index in [2.05, 4.69) is 6.07 Å². The number of amides is 2. The minimum atomic E-state index is -1.42. The zero-order chi connectivity index (χ0) is 29.7. The summed E-state index contributed by atoms with van der Waals surface area (Å²) in [5.74, 6) is -3.11. The monoisotopic (exact) mass is 606 g/mol. The maximum Gasteiger partial charge on any atom is 0.272 e. The number of ketones is 1. The zero-order valence-electron chi connectivity index (χ0n) is 24.2. The molecule has 0 aromatic heterocycles. The van der Waals surface area contributed by atoms with Gasteiger partial charge in [-0.1, -0.05) is 25.1 Å². The van der Waals surface area contributed by atoms with Crippen LogP contribution in [0.2, 0.25) is 0 Å². The van der Waals surface area contributed by atoms with E-state index < -0.39 is 29.9 Å². The number of carboxylic acid groups (broad SMARTS) is 1. The molecule has 2 bridgehead atoms. The lowest BCUT2D eigenvalue weighted by Crippen LogP contribution is -3.00. The molecule has 0 radical (unpaired) electrons. The third-order valence-corrected chi connectivity index (χ3v) is 10.7. The van der Waals surface area contributed by atoms with Crippen LogP contribution in [0.25, 0.3) is 16.7 Å². The molecule has 1 aliphatic carbocycles. The minimum absolute atomic E-state index is 0. The van der Waals surface area contributed by atoms with Crippen LogP contribution in [0, 0.1) is 11.8 Å². The number of carboxylic acids is 1. The summed E-state index contributed by atoms with van der Waals surface area (Å²) in [7, 11) is 0. The number of piperazine rings is 3. The largest absolute Gasteiger partial charge is 1.00 e. The quantitative estimate of drug-likeness (QED) is 0.215. The van der Waals surface area contributed by atoms with E-state index in [0.29, 0.717) is 28.8 Å². The van der Waals surface area contributed by atoms with E-state index >= 15 is 0 Å². The van der Waals surface area contributed by atoms with E-state index in [0.717, 1.165) is 71.5 Å². The SMILES string of the molecule is C[C@@H](O)[C@H]1C(=O)N2C(C(=O)[O-])=C(c3ccc4c(c3)-c3ccc(C[N+]56CC[N+](CC(N)=O)(CC5)CC6)cc3C4=O)[C@H](C)[C@H]12.[Cl-]. The Morgan fingerprint density at radius 2 is 1.60 bits per heavy atom. The number of fused-ring (bicyclic) bond motifs is 7. The van der Waals surface area contributed by atoms with Gasteiger partial charge in [-0.3, -0.25) is 14.4 Å². The van der Waals surface area contributed by atoms with Crippen molar-refractivity contribution >= 4 is 29.1 Å². The molecule has 3 N–H and O–H groups in total. The van der Waals surface area contributed by atoms with Crippen molar-refractivity contribution in [3.05, 3.63) is 64.3 Å². The predicted octanol–water partition coefficient (Wildman–Crippen LogP) is -3.13. The van der Waals surface area contributed by atoms with Gasteiger partial charge in [-0.25, -0.2) is 0 Å². The Hall–Kier alpha value is -3.57. The summed E-state index contributed by atoms with van der Waals surface area (Å²) in [6.45, 7) is 10.4. The van der Waals surface area contributed by atoms with Crippen molar-refractivity contribution in [2.75, 3.05) is 45.8 Å². The van der Waals surface area contributed by atoms with E-state index in [9.17, 15) is 29.4 Å². The van der Waals surface area contributed by atoms with E-state index in [1.165, 1.54) is 4.90 Å². The van der Waals surface area contributed by atoms with Crippen LogP contribution in [0.15, 0.2) is 42.1 Å². The van der Waals surface area contributed by atoms with Gasteiger partial charge in [-0.05, 0) is 47.4 Å². The molecule has 2 aromatic carbocycles. The number of rotatable bonds is 7. The second-order valence-electron chi connectivity index (χ2n) is 13.1. The molecule has 0 saturated carbocycles. The molecule has 4 atom stereocenters. The number of quaternary nitrogens is 2. The van der Waals surface area contributed by atoms with Gasteiger partial charge >= 0.3 is 0 Å². The topological polar surface area (TPSA) is 141 Å². The number of benzene rings is 2. The zero-order valence-corrected chi connectivity index (χ0v) is 25.0. The van der Waals surface area contributed by atoms with E-state index in [4.69, 9.17) is 5.73 Å². The standard InChI is InChI=1S/C32H34N4O6.ClH/c1-17-26(29(32(41)42)34-28(17)27(18(2)37)31(34)40)20-4-6-22-23(14-20)21-5-3-19(13-24(21)30(22)39)15-35-7-10-36(11-8-35,12-9-35)16-25(33)38;/h3-6,13-14,17-18,27-28,37H,7-12,15-16H2,1-2H3,(H-2,33,38,41,42);1H/t17-,18+,27+,28+,35?,36?;/m0./s1. The van der Waals surface area contributed by atoms with Crippen LogP contribution in [0.3, 0.4) is 0 Å². The van der Waals surface area contributed by atoms with E-state index in [-0.39, 0.29) is 35.7 Å². The van der Waals surface area contributed by atoms with Crippen LogP contribution in [0.4, 0.5) is 0 Å². The van der Waals surface area contributed by atoms with Crippen molar-refractivity contribution in [1.29, 1.82) is 0 Å². The molecule has 43 heavy (non-hydrogen) atoms. The average molecular weight is 607 g/mol. The highest BCUT2D eigenvalue weighted by atomic mass is 35.5. The number of nitrogens with two attached hydrogens (primary N) is 1. The fourth-order valence-electron chi connectivity index (χ4n) is 8.47. The van der Waals surface area contributed by atoms with Crippen molar-refractivity contribution in [3.8, 4) is 11.1 Å². The van der Waals surface area contributed by atoms with Gasteiger partial charge < -0.3 is 47.0 Å². The molecule has 2 amide bonds. The number of carbonyl (C=O) groups excluding carboxylic acids is 4. The van der Waals surface area contributed by atoms with Gasteiger partial charge in [0.25, 0.3) is 5.91 Å². The van der Waals surface area contributed by atoms with Gasteiger partial charge in [0.1, 0.15) is 45.8 Å². The number of aliphatic hydroxyl groups is 1. The first-order chi connectivity index (χ1) is 19.9. The summed E-state index contributed by atoms with van der Waals surface area (Å²) in [5.41, 5.74) is 10.4. The molecule has 8 rings (SSSR count). The predicted molar refractivity (Wildman–Crippen MR) is 150 cm³/mol. The van der Waals surface area contributed by atoms with E-state index in [1.807, 2.05) is 25.1 Å². The lowest BCUT2D eigenvalue weighted by Gasteiger charge is -2.55. The number of carbonyl (C=O) groups is 4. The van der Waals surface area contributed by atoms with Gasteiger partial charge in [-0.2, -0.15) is 0 Å². The molecule has 0 spiro atoms. The molecule has 11 heteroatoms. The maximum absolute atomic E-state index is 13.5. The summed E-state index contributed by atoms with van der Waals surface area (Å²) in [5, 5.41) is 22.4. The summed E-state index contributed by atoms with van der Waals surface area (Å²) in [6, 6.07) is 11.0. The second kappa shape index (κ2) is 9.99. The molecule has 5 heterocycles. The normalized spacial score (nSPS) is 30.8. The van der Waals surface area contributed by atoms with Gasteiger partial charge in [-0.15, -0.1) is 0 Å². The lowest BCUT2D eigenvalue weighted by atomic mass is 9.76. The van der Waals surface area contributed by atoms with Crippen LogP contribution in [0.5, 0.6) is 0 Å². The molecular weight excluding hydrogens is 572 g/mol. The third-order valence-electron chi connectivity index (χ3n) is 10.7. The molecule has 4 fully saturated rings. The Morgan fingerprint density at radius 3 is 2.21 bits per heavy atom. The lowest BCUT2D eigenvalue weighted by molar-refractivity contribution is -1.08. The molecule has 2 aromatic rings. The fraction of sp³-hybridized carbons (Fsp3) is 0.438. The molecule has 4 saturated heterocycles. The summed E-state index contributed by atoms with van der Waals surface area (Å²) < 4.78 is 1.74. The number of hydrogen-bond donors (Lipinski definition) is 2. The maximum atomic E-state index is 13.5. The smallest absolute Gasteiger partial charge is 0.272 e. The second-order valence-corrected chi connectivity index (χ2v) is 13.1. The van der Waals surface area contributed by atoms with Crippen molar-refractivity contribution in [1.82, 2.24) is 4.90 Å². The van der Waals surface area contributed by atoms with Crippen molar-refractivity contribution in [2.24, 2.45) is 17.6 Å².